The standard InChI is InChI=1S/C18H18N4O2S/c1-13-3-6-15(7-4-13)21-18(25)22-20-12-14-5-8-16(24-10-9-19)17(11-14)23-2/h3-8,11-12H,10H2,1-2H3,(H2,21,22,25)/b20-12-. The average Bonchev–Trinajstić information content (AvgIpc) is 2.62. The number of hydrogen-bond donors (Lipinski definition) is 2. The molecule has 2 aromatic rings. The number of nitrogens with one attached hydrogen (secondary N) is 2. The van der Waals surface area contributed by atoms with Gasteiger partial charge in [0.15, 0.2) is 23.2 Å². The number of nitrogens with zero attached hydrogens (tertiary/aromatic N) is 2. The molecule has 25 heavy (non-hydrogen) atoms. The van der Waals surface area contributed by atoms with E-state index in [0.29, 0.717) is 16.6 Å². The predicted octanol–water partition coefficient (Wildman–Crippen LogP) is 3.23. The monoisotopic (exact) mass is 354 g/mol. The molecule has 2 aromatic carbocycles. The van der Waals surface area contributed by atoms with Crippen LogP contribution in [0.15, 0.2) is 47.6 Å². The summed E-state index contributed by atoms with van der Waals surface area (Å²) in [6.45, 7) is 1.99. The number of hydrogen-bond acceptors (Lipinski definition) is 5. The van der Waals surface area contributed by atoms with Gasteiger partial charge in [-0.2, -0.15) is 10.4 Å². The summed E-state index contributed by atoms with van der Waals surface area (Å²) in [5.74, 6) is 1.03. The molecular weight excluding hydrogens is 336 g/mol. The molecule has 0 atom stereocenters. The number of hydrazone groups is 1. The second-order valence-corrected chi connectivity index (χ2v) is 5.46. The van der Waals surface area contributed by atoms with E-state index in [1.165, 1.54) is 12.7 Å². The number of rotatable bonds is 6. The molecule has 7 heteroatoms. The van der Waals surface area contributed by atoms with Crippen LogP contribution in [0.4, 0.5) is 5.69 Å². The van der Waals surface area contributed by atoms with Gasteiger partial charge in [0, 0.05) is 5.69 Å². The van der Waals surface area contributed by atoms with Gasteiger partial charge in [-0.1, -0.05) is 17.7 Å². The highest BCUT2D eigenvalue weighted by Crippen LogP contribution is 2.27. The van der Waals surface area contributed by atoms with Gasteiger partial charge in [-0.05, 0) is 55.0 Å². The van der Waals surface area contributed by atoms with Crippen LogP contribution in [-0.2, 0) is 0 Å². The van der Waals surface area contributed by atoms with Gasteiger partial charge in [0.25, 0.3) is 0 Å². The number of benzene rings is 2. The lowest BCUT2D eigenvalue weighted by atomic mass is 10.2. The molecule has 0 amide bonds. The van der Waals surface area contributed by atoms with Gasteiger partial charge in [-0.15, -0.1) is 0 Å². The average molecular weight is 354 g/mol. The Balaban J connectivity index is 1.93. The zero-order valence-electron chi connectivity index (χ0n) is 13.9. The first-order valence-electron chi connectivity index (χ1n) is 7.47. The minimum atomic E-state index is -0.0374. The van der Waals surface area contributed by atoms with Crippen LogP contribution in [0, 0.1) is 18.3 Å². The zero-order valence-corrected chi connectivity index (χ0v) is 14.8. The quantitative estimate of drug-likeness (QED) is 0.471. The van der Waals surface area contributed by atoms with Crippen molar-refractivity contribution >= 4 is 29.2 Å². The Labute approximate surface area is 152 Å². The molecule has 6 nitrogen and oxygen atoms in total. The Bertz CT molecular complexity index is 798. The molecular formula is C18H18N4O2S. The van der Waals surface area contributed by atoms with Crippen molar-refractivity contribution in [2.24, 2.45) is 5.10 Å². The molecule has 0 saturated carbocycles. The van der Waals surface area contributed by atoms with E-state index in [1.807, 2.05) is 37.3 Å². The number of methoxy groups -OCH3 is 1. The molecule has 128 valence electrons. The van der Waals surface area contributed by atoms with E-state index in [1.54, 1.807) is 24.4 Å². The van der Waals surface area contributed by atoms with Gasteiger partial charge >= 0.3 is 0 Å². The predicted molar refractivity (Wildman–Crippen MR) is 102 cm³/mol. The van der Waals surface area contributed by atoms with Crippen molar-refractivity contribution < 1.29 is 9.47 Å². The Morgan fingerprint density at radius 2 is 2.00 bits per heavy atom. The van der Waals surface area contributed by atoms with Gasteiger partial charge in [0.2, 0.25) is 0 Å². The topological polar surface area (TPSA) is 78.7 Å². The van der Waals surface area contributed by atoms with Gasteiger partial charge in [0.05, 0.1) is 13.3 Å². The lowest BCUT2D eigenvalue weighted by Gasteiger charge is -2.09. The van der Waals surface area contributed by atoms with E-state index in [0.717, 1.165) is 11.3 Å². The van der Waals surface area contributed by atoms with E-state index in [9.17, 15) is 0 Å². The van der Waals surface area contributed by atoms with Crippen LogP contribution in [0.25, 0.3) is 0 Å². The third-order valence-electron chi connectivity index (χ3n) is 3.17. The number of aryl methyl sites for hydroxylation is 1. The fraction of sp³-hybridized carbons (Fsp3) is 0.167. The van der Waals surface area contributed by atoms with Crippen molar-refractivity contribution in [2.45, 2.75) is 6.92 Å². The van der Waals surface area contributed by atoms with E-state index >= 15 is 0 Å². The number of ether oxygens (including phenoxy) is 2. The van der Waals surface area contributed by atoms with Crippen molar-refractivity contribution in [1.29, 1.82) is 5.26 Å². The van der Waals surface area contributed by atoms with Crippen LogP contribution in [0.5, 0.6) is 11.5 Å². The third kappa shape index (κ3) is 5.79. The van der Waals surface area contributed by atoms with Crippen molar-refractivity contribution in [3.63, 3.8) is 0 Å². The summed E-state index contributed by atoms with van der Waals surface area (Å²) in [4.78, 5) is 0. The van der Waals surface area contributed by atoms with E-state index in [2.05, 4.69) is 15.8 Å². The summed E-state index contributed by atoms with van der Waals surface area (Å²) in [6.07, 6.45) is 1.61. The number of nitriles is 1. The maximum atomic E-state index is 8.57. The van der Waals surface area contributed by atoms with E-state index < -0.39 is 0 Å². The molecule has 0 spiro atoms. The van der Waals surface area contributed by atoms with Crippen molar-refractivity contribution in [2.75, 3.05) is 19.0 Å². The van der Waals surface area contributed by atoms with Crippen LogP contribution >= 0.6 is 12.2 Å². The SMILES string of the molecule is COc1cc(/C=N\NC(=S)Nc2ccc(C)cc2)ccc1OCC#N. The molecule has 0 unspecified atom stereocenters. The summed E-state index contributed by atoms with van der Waals surface area (Å²) in [7, 11) is 1.54. The smallest absolute Gasteiger partial charge is 0.191 e. The molecule has 0 fully saturated rings. The molecule has 0 aliphatic rings. The van der Waals surface area contributed by atoms with Crippen LogP contribution in [0.1, 0.15) is 11.1 Å². The van der Waals surface area contributed by atoms with Crippen LogP contribution < -0.4 is 20.2 Å². The summed E-state index contributed by atoms with van der Waals surface area (Å²) in [6, 6.07) is 15.1. The maximum absolute atomic E-state index is 8.57. The second kappa shape index (κ2) is 9.25. The first kappa shape index (κ1) is 18.2. The summed E-state index contributed by atoms with van der Waals surface area (Å²) < 4.78 is 10.5. The maximum Gasteiger partial charge on any atom is 0.191 e. The Hall–Kier alpha value is -3.11. The highest BCUT2D eigenvalue weighted by Gasteiger charge is 2.04. The highest BCUT2D eigenvalue weighted by atomic mass is 32.1. The largest absolute Gasteiger partial charge is 0.493 e. The fourth-order valence-corrected chi connectivity index (χ4v) is 2.13. The summed E-state index contributed by atoms with van der Waals surface area (Å²) >= 11 is 5.19. The number of thiocarbonyl (C=S) groups is 1. The molecule has 0 aliphatic heterocycles. The van der Waals surface area contributed by atoms with Crippen molar-refractivity contribution in [3.05, 3.63) is 53.6 Å². The van der Waals surface area contributed by atoms with Crippen LogP contribution in [-0.4, -0.2) is 25.0 Å². The van der Waals surface area contributed by atoms with Crippen LogP contribution in [0.2, 0.25) is 0 Å². The van der Waals surface area contributed by atoms with Gasteiger partial charge in [-0.25, -0.2) is 0 Å². The van der Waals surface area contributed by atoms with Gasteiger partial charge in [-0.3, -0.25) is 5.43 Å². The molecule has 0 aromatic heterocycles. The molecule has 0 bridgehead atoms. The minimum absolute atomic E-state index is 0.0374. The Morgan fingerprint density at radius 3 is 2.68 bits per heavy atom. The second-order valence-electron chi connectivity index (χ2n) is 5.05. The summed E-state index contributed by atoms with van der Waals surface area (Å²) in [5, 5.41) is 16.1. The Kier molecular flexibility index (Phi) is 6.75. The first-order chi connectivity index (χ1) is 12.1. The molecule has 2 rings (SSSR count). The third-order valence-corrected chi connectivity index (χ3v) is 3.36. The summed E-state index contributed by atoms with van der Waals surface area (Å²) in [5.41, 5.74) is 5.62. The van der Waals surface area contributed by atoms with E-state index in [-0.39, 0.29) is 6.61 Å². The van der Waals surface area contributed by atoms with Gasteiger partial charge < -0.3 is 14.8 Å². The molecule has 0 radical (unpaired) electrons. The van der Waals surface area contributed by atoms with Gasteiger partial charge in [0.1, 0.15) is 6.07 Å². The number of anilines is 1. The fourth-order valence-electron chi connectivity index (χ4n) is 1.96. The lowest BCUT2D eigenvalue weighted by Crippen LogP contribution is -2.23. The molecule has 2 N–H and O–H groups in total. The van der Waals surface area contributed by atoms with Crippen LogP contribution in [0.3, 0.4) is 0 Å². The van der Waals surface area contributed by atoms with Crippen molar-refractivity contribution in [3.8, 4) is 17.6 Å². The highest BCUT2D eigenvalue weighted by molar-refractivity contribution is 7.80. The minimum Gasteiger partial charge on any atom is -0.493 e. The first-order valence-corrected chi connectivity index (χ1v) is 7.87. The zero-order chi connectivity index (χ0) is 18.1. The molecule has 0 saturated heterocycles. The van der Waals surface area contributed by atoms with Crippen molar-refractivity contribution in [1.82, 2.24) is 5.43 Å². The Morgan fingerprint density at radius 1 is 1.24 bits per heavy atom. The molecule has 0 aliphatic carbocycles. The van der Waals surface area contributed by atoms with E-state index in [4.69, 9.17) is 27.0 Å². The molecule has 0 heterocycles. The lowest BCUT2D eigenvalue weighted by molar-refractivity contribution is 0.329. The normalized spacial score (nSPS) is 10.1.